The highest BCUT2D eigenvalue weighted by Crippen LogP contribution is 2.37. The van der Waals surface area contributed by atoms with Crippen LogP contribution in [0.1, 0.15) is 65.7 Å². The number of likely N-dealkylation sites (tertiary alicyclic amines) is 1. The molecule has 1 N–H and O–H groups in total. The molecule has 0 bridgehead atoms. The molecule has 2 unspecified atom stereocenters. The Morgan fingerprint density at radius 2 is 1.72 bits per heavy atom. The van der Waals surface area contributed by atoms with Crippen LogP contribution in [0.2, 0.25) is 0 Å². The maximum atomic E-state index is 3.85. The molecule has 18 heavy (non-hydrogen) atoms. The Morgan fingerprint density at radius 3 is 2.22 bits per heavy atom. The van der Waals surface area contributed by atoms with Crippen LogP contribution in [0.15, 0.2) is 0 Å². The molecule has 0 aromatic heterocycles. The first-order valence-electron chi connectivity index (χ1n) is 8.20. The van der Waals surface area contributed by atoms with Crippen molar-refractivity contribution in [1.29, 1.82) is 0 Å². The fourth-order valence-corrected chi connectivity index (χ4v) is 4.27. The number of hydrogen-bond donors (Lipinski definition) is 1. The molecule has 0 amide bonds. The Balaban J connectivity index is 2.13. The second kappa shape index (κ2) is 6.38. The van der Waals surface area contributed by atoms with E-state index in [1.807, 2.05) is 0 Å². The van der Waals surface area contributed by atoms with Crippen LogP contribution in [-0.4, -0.2) is 36.1 Å². The van der Waals surface area contributed by atoms with Gasteiger partial charge in [-0.25, -0.2) is 0 Å². The predicted octanol–water partition coefficient (Wildman–Crippen LogP) is 3.42. The van der Waals surface area contributed by atoms with E-state index in [4.69, 9.17) is 0 Å². The first-order valence-corrected chi connectivity index (χ1v) is 8.20. The molecule has 2 heteroatoms. The molecule has 1 heterocycles. The van der Waals surface area contributed by atoms with Crippen molar-refractivity contribution >= 4 is 0 Å². The first kappa shape index (κ1) is 14.3. The van der Waals surface area contributed by atoms with E-state index in [-0.39, 0.29) is 0 Å². The molecule has 106 valence electrons. The minimum atomic E-state index is 0.377. The number of hydrogen-bond acceptors (Lipinski definition) is 2. The second-order valence-electron chi connectivity index (χ2n) is 6.48. The highest BCUT2D eigenvalue weighted by Gasteiger charge is 2.43. The quantitative estimate of drug-likeness (QED) is 0.779. The van der Waals surface area contributed by atoms with E-state index in [0.29, 0.717) is 11.6 Å². The van der Waals surface area contributed by atoms with Gasteiger partial charge < -0.3 is 5.32 Å². The van der Waals surface area contributed by atoms with Crippen molar-refractivity contribution in [2.75, 3.05) is 19.6 Å². The summed E-state index contributed by atoms with van der Waals surface area (Å²) in [7, 11) is 0. The molecule has 0 aromatic carbocycles. The van der Waals surface area contributed by atoms with Gasteiger partial charge in [-0.3, -0.25) is 4.90 Å². The van der Waals surface area contributed by atoms with Gasteiger partial charge in [-0.2, -0.15) is 0 Å². The zero-order valence-electron chi connectivity index (χ0n) is 12.7. The molecule has 1 aliphatic carbocycles. The lowest BCUT2D eigenvalue weighted by Crippen LogP contribution is -2.61. The van der Waals surface area contributed by atoms with E-state index in [9.17, 15) is 0 Å². The van der Waals surface area contributed by atoms with Gasteiger partial charge >= 0.3 is 0 Å². The summed E-state index contributed by atoms with van der Waals surface area (Å²) in [5, 5.41) is 3.85. The molecule has 2 fully saturated rings. The summed E-state index contributed by atoms with van der Waals surface area (Å²) in [5.41, 5.74) is 0.377. The SMILES string of the molecule is CCNC(C1CCCC1)C(C)(CC)N1CCCC1. The minimum absolute atomic E-state index is 0.377. The third-order valence-electron chi connectivity index (χ3n) is 5.51. The largest absolute Gasteiger partial charge is 0.312 e. The summed E-state index contributed by atoms with van der Waals surface area (Å²) in [6.07, 6.45) is 9.88. The Labute approximate surface area is 114 Å². The number of rotatable bonds is 6. The van der Waals surface area contributed by atoms with Gasteiger partial charge in [0, 0.05) is 11.6 Å². The normalized spacial score (nSPS) is 27.5. The van der Waals surface area contributed by atoms with Crippen LogP contribution in [0.3, 0.4) is 0 Å². The molecule has 2 rings (SSSR count). The molecule has 1 aliphatic heterocycles. The minimum Gasteiger partial charge on any atom is -0.312 e. The summed E-state index contributed by atoms with van der Waals surface area (Å²) >= 11 is 0. The van der Waals surface area contributed by atoms with Crippen molar-refractivity contribution in [3.05, 3.63) is 0 Å². The second-order valence-corrected chi connectivity index (χ2v) is 6.48. The highest BCUT2D eigenvalue weighted by atomic mass is 15.2. The van der Waals surface area contributed by atoms with Gasteiger partial charge in [-0.05, 0) is 64.6 Å². The first-order chi connectivity index (χ1) is 8.72. The number of nitrogens with one attached hydrogen (secondary N) is 1. The average Bonchev–Trinajstić information content (AvgIpc) is 3.06. The standard InChI is InChI=1S/C16H32N2/c1-4-16(3,18-12-8-9-13-18)15(17-5-2)14-10-6-7-11-14/h14-15,17H,4-13H2,1-3H3. The molecule has 1 saturated carbocycles. The fourth-order valence-electron chi connectivity index (χ4n) is 4.27. The summed E-state index contributed by atoms with van der Waals surface area (Å²) in [5.74, 6) is 0.912. The Morgan fingerprint density at radius 1 is 1.11 bits per heavy atom. The summed E-state index contributed by atoms with van der Waals surface area (Å²) in [6, 6.07) is 0.702. The Kier molecular flexibility index (Phi) is 5.08. The summed E-state index contributed by atoms with van der Waals surface area (Å²) < 4.78 is 0. The van der Waals surface area contributed by atoms with Gasteiger partial charge in [0.25, 0.3) is 0 Å². The Bertz CT molecular complexity index is 241. The van der Waals surface area contributed by atoms with E-state index >= 15 is 0 Å². The summed E-state index contributed by atoms with van der Waals surface area (Å²) in [4.78, 5) is 2.78. The van der Waals surface area contributed by atoms with Crippen LogP contribution in [0.5, 0.6) is 0 Å². The Hall–Kier alpha value is -0.0800. The highest BCUT2D eigenvalue weighted by molar-refractivity contribution is 5.01. The lowest BCUT2D eigenvalue weighted by Gasteiger charge is -2.47. The molecule has 0 spiro atoms. The zero-order chi connectivity index (χ0) is 13.0. The van der Waals surface area contributed by atoms with Crippen LogP contribution in [0, 0.1) is 5.92 Å². The molecular weight excluding hydrogens is 220 g/mol. The predicted molar refractivity (Wildman–Crippen MR) is 78.9 cm³/mol. The molecule has 1 saturated heterocycles. The van der Waals surface area contributed by atoms with Gasteiger partial charge in [-0.1, -0.05) is 26.7 Å². The van der Waals surface area contributed by atoms with Gasteiger partial charge in [0.2, 0.25) is 0 Å². The molecule has 0 aromatic rings. The van der Waals surface area contributed by atoms with Crippen LogP contribution in [0.4, 0.5) is 0 Å². The van der Waals surface area contributed by atoms with Gasteiger partial charge in [0.05, 0.1) is 0 Å². The molecule has 2 atom stereocenters. The van der Waals surface area contributed by atoms with Crippen LogP contribution < -0.4 is 5.32 Å². The van der Waals surface area contributed by atoms with Crippen molar-refractivity contribution in [2.24, 2.45) is 5.92 Å². The van der Waals surface area contributed by atoms with Crippen LogP contribution >= 0.6 is 0 Å². The molecule has 2 aliphatic rings. The van der Waals surface area contributed by atoms with Crippen molar-refractivity contribution in [1.82, 2.24) is 10.2 Å². The van der Waals surface area contributed by atoms with Crippen LogP contribution in [-0.2, 0) is 0 Å². The maximum absolute atomic E-state index is 3.85. The lowest BCUT2D eigenvalue weighted by molar-refractivity contribution is 0.0588. The third kappa shape index (κ3) is 2.75. The van der Waals surface area contributed by atoms with E-state index < -0.39 is 0 Å². The van der Waals surface area contributed by atoms with Crippen molar-refractivity contribution < 1.29 is 0 Å². The van der Waals surface area contributed by atoms with Gasteiger partial charge in [-0.15, -0.1) is 0 Å². The maximum Gasteiger partial charge on any atom is 0.0334 e. The van der Waals surface area contributed by atoms with Crippen LogP contribution in [0.25, 0.3) is 0 Å². The van der Waals surface area contributed by atoms with E-state index in [0.717, 1.165) is 12.5 Å². The van der Waals surface area contributed by atoms with E-state index in [2.05, 4.69) is 31.0 Å². The molecular formula is C16H32N2. The number of likely N-dealkylation sites (N-methyl/N-ethyl adjacent to an activating group) is 1. The molecule has 0 radical (unpaired) electrons. The van der Waals surface area contributed by atoms with E-state index in [1.54, 1.807) is 0 Å². The number of nitrogens with zero attached hydrogens (tertiary/aromatic N) is 1. The topological polar surface area (TPSA) is 15.3 Å². The van der Waals surface area contributed by atoms with Crippen molar-refractivity contribution in [3.63, 3.8) is 0 Å². The van der Waals surface area contributed by atoms with Gasteiger partial charge in [0.15, 0.2) is 0 Å². The average molecular weight is 252 g/mol. The zero-order valence-corrected chi connectivity index (χ0v) is 12.7. The van der Waals surface area contributed by atoms with Crippen molar-refractivity contribution in [3.8, 4) is 0 Å². The third-order valence-corrected chi connectivity index (χ3v) is 5.51. The van der Waals surface area contributed by atoms with Crippen molar-refractivity contribution in [2.45, 2.75) is 77.3 Å². The summed E-state index contributed by atoms with van der Waals surface area (Å²) in [6.45, 7) is 10.9. The lowest BCUT2D eigenvalue weighted by atomic mass is 9.79. The van der Waals surface area contributed by atoms with Gasteiger partial charge in [0.1, 0.15) is 0 Å². The van der Waals surface area contributed by atoms with E-state index in [1.165, 1.54) is 58.0 Å². The smallest absolute Gasteiger partial charge is 0.0334 e. The fraction of sp³-hybridized carbons (Fsp3) is 1.00. The molecule has 2 nitrogen and oxygen atoms in total. The monoisotopic (exact) mass is 252 g/mol.